The minimum absolute atomic E-state index is 0.276. The normalized spacial score (nSPS) is 18.3. The van der Waals surface area contributed by atoms with Crippen LogP contribution < -0.4 is 5.32 Å². The van der Waals surface area contributed by atoms with Crippen LogP contribution in [-0.4, -0.2) is 71.2 Å². The number of hydrogen-bond acceptors (Lipinski definition) is 6. The van der Waals surface area contributed by atoms with Gasteiger partial charge in [0.15, 0.2) is 0 Å². The molecular formula is C12H27N3OS2. The van der Waals surface area contributed by atoms with Gasteiger partial charge in [-0.1, -0.05) is 6.92 Å². The predicted octanol–water partition coefficient (Wildman–Crippen LogP) is 1.28. The highest BCUT2D eigenvalue weighted by Crippen LogP contribution is 2.11. The van der Waals surface area contributed by atoms with Gasteiger partial charge in [0.2, 0.25) is 0 Å². The maximum absolute atomic E-state index is 8.68. The molecule has 0 amide bonds. The van der Waals surface area contributed by atoms with Crippen LogP contribution >= 0.6 is 23.5 Å². The van der Waals surface area contributed by atoms with Crippen LogP contribution in [0, 0.1) is 0 Å². The molecule has 0 atom stereocenters. The Labute approximate surface area is 120 Å². The molecule has 0 aromatic rings. The third-order valence-corrected chi connectivity index (χ3v) is 4.87. The SMILES string of the molecule is CCCSCN1CCCN(CNCSCCO)C1. The van der Waals surface area contributed by atoms with Crippen molar-refractivity contribution in [1.29, 1.82) is 0 Å². The molecule has 0 saturated carbocycles. The molecule has 0 aromatic carbocycles. The average molecular weight is 294 g/mol. The molecule has 108 valence electrons. The second kappa shape index (κ2) is 11.4. The van der Waals surface area contributed by atoms with Crippen molar-refractivity contribution in [3.63, 3.8) is 0 Å². The van der Waals surface area contributed by atoms with Gasteiger partial charge in [0.1, 0.15) is 0 Å². The third-order valence-electron chi connectivity index (χ3n) is 2.75. The van der Waals surface area contributed by atoms with E-state index in [1.807, 2.05) is 11.8 Å². The van der Waals surface area contributed by atoms with Gasteiger partial charge in [-0.3, -0.25) is 15.1 Å². The molecule has 0 spiro atoms. The molecular weight excluding hydrogens is 266 g/mol. The summed E-state index contributed by atoms with van der Waals surface area (Å²) >= 11 is 3.80. The van der Waals surface area contributed by atoms with E-state index < -0.39 is 0 Å². The Morgan fingerprint density at radius 2 is 2.00 bits per heavy atom. The van der Waals surface area contributed by atoms with E-state index in [1.165, 1.54) is 37.6 Å². The number of aliphatic hydroxyl groups excluding tert-OH is 1. The Morgan fingerprint density at radius 1 is 1.17 bits per heavy atom. The van der Waals surface area contributed by atoms with Gasteiger partial charge in [0, 0.05) is 37.3 Å². The Balaban J connectivity index is 2.03. The van der Waals surface area contributed by atoms with Crippen molar-refractivity contribution in [2.24, 2.45) is 0 Å². The number of nitrogens with zero attached hydrogens (tertiary/aromatic N) is 2. The van der Waals surface area contributed by atoms with E-state index in [4.69, 9.17) is 5.11 Å². The standard InChI is InChI=1S/C12H27N3OS2/c1-2-7-18-12-15-5-3-4-14(11-15)9-13-10-17-8-6-16/h13,16H,2-12H2,1H3. The van der Waals surface area contributed by atoms with Crippen molar-refractivity contribution in [3.8, 4) is 0 Å². The summed E-state index contributed by atoms with van der Waals surface area (Å²) in [7, 11) is 0. The van der Waals surface area contributed by atoms with Crippen molar-refractivity contribution in [1.82, 2.24) is 15.1 Å². The van der Waals surface area contributed by atoms with Crippen molar-refractivity contribution in [2.75, 3.05) is 56.3 Å². The molecule has 1 aliphatic heterocycles. The topological polar surface area (TPSA) is 38.7 Å². The van der Waals surface area contributed by atoms with E-state index in [-0.39, 0.29) is 6.61 Å². The quantitative estimate of drug-likeness (QED) is 0.467. The number of hydrogen-bond donors (Lipinski definition) is 2. The summed E-state index contributed by atoms with van der Waals surface area (Å²) in [6.45, 7) is 7.02. The van der Waals surface area contributed by atoms with Gasteiger partial charge in [-0.15, -0.1) is 23.5 Å². The van der Waals surface area contributed by atoms with Gasteiger partial charge in [-0.2, -0.15) is 0 Å². The van der Waals surface area contributed by atoms with Crippen LogP contribution in [0.3, 0.4) is 0 Å². The first-order chi connectivity index (χ1) is 8.86. The van der Waals surface area contributed by atoms with Crippen molar-refractivity contribution >= 4 is 23.5 Å². The lowest BCUT2D eigenvalue weighted by Gasteiger charge is -2.35. The zero-order valence-corrected chi connectivity index (χ0v) is 13.1. The average Bonchev–Trinajstić information content (AvgIpc) is 2.39. The van der Waals surface area contributed by atoms with Gasteiger partial charge in [-0.05, 0) is 18.6 Å². The maximum Gasteiger partial charge on any atom is 0.0525 e. The van der Waals surface area contributed by atoms with Crippen LogP contribution in [0.2, 0.25) is 0 Å². The Morgan fingerprint density at radius 3 is 2.78 bits per heavy atom. The lowest BCUT2D eigenvalue weighted by atomic mass is 10.3. The smallest absolute Gasteiger partial charge is 0.0525 e. The predicted molar refractivity (Wildman–Crippen MR) is 82.9 cm³/mol. The molecule has 1 heterocycles. The van der Waals surface area contributed by atoms with E-state index in [0.29, 0.717) is 0 Å². The molecule has 0 radical (unpaired) electrons. The molecule has 1 fully saturated rings. The summed E-state index contributed by atoms with van der Waals surface area (Å²) in [6, 6.07) is 0. The lowest BCUT2D eigenvalue weighted by Crippen LogP contribution is -2.47. The first-order valence-corrected chi connectivity index (χ1v) is 9.09. The first-order valence-electron chi connectivity index (χ1n) is 6.78. The van der Waals surface area contributed by atoms with Gasteiger partial charge in [0.25, 0.3) is 0 Å². The van der Waals surface area contributed by atoms with E-state index in [2.05, 4.69) is 22.0 Å². The van der Waals surface area contributed by atoms with Crippen molar-refractivity contribution in [2.45, 2.75) is 19.8 Å². The van der Waals surface area contributed by atoms with E-state index in [1.54, 1.807) is 11.8 Å². The molecule has 18 heavy (non-hydrogen) atoms. The Hall–Kier alpha value is 0.540. The summed E-state index contributed by atoms with van der Waals surface area (Å²) in [5.41, 5.74) is 0. The molecule has 0 aliphatic carbocycles. The largest absolute Gasteiger partial charge is 0.396 e. The molecule has 4 nitrogen and oxygen atoms in total. The monoisotopic (exact) mass is 293 g/mol. The Bertz CT molecular complexity index is 198. The van der Waals surface area contributed by atoms with Gasteiger partial charge in [-0.25, -0.2) is 0 Å². The fourth-order valence-corrected chi connectivity index (χ4v) is 3.32. The van der Waals surface area contributed by atoms with Gasteiger partial charge in [0.05, 0.1) is 13.3 Å². The highest BCUT2D eigenvalue weighted by molar-refractivity contribution is 7.99. The van der Waals surface area contributed by atoms with E-state index >= 15 is 0 Å². The zero-order valence-electron chi connectivity index (χ0n) is 11.4. The summed E-state index contributed by atoms with van der Waals surface area (Å²) < 4.78 is 0. The number of nitrogens with one attached hydrogen (secondary N) is 1. The fourth-order valence-electron chi connectivity index (χ4n) is 1.93. The van der Waals surface area contributed by atoms with Crippen LogP contribution in [0.15, 0.2) is 0 Å². The summed E-state index contributed by atoms with van der Waals surface area (Å²) in [5.74, 6) is 4.20. The van der Waals surface area contributed by atoms with E-state index in [9.17, 15) is 0 Å². The Kier molecular flexibility index (Phi) is 10.5. The van der Waals surface area contributed by atoms with Gasteiger partial charge < -0.3 is 5.11 Å². The number of aliphatic hydroxyl groups is 1. The minimum Gasteiger partial charge on any atom is -0.396 e. The zero-order chi connectivity index (χ0) is 13.1. The summed E-state index contributed by atoms with van der Waals surface area (Å²) in [4.78, 5) is 5.00. The fraction of sp³-hybridized carbons (Fsp3) is 1.00. The second-order valence-electron chi connectivity index (χ2n) is 4.51. The van der Waals surface area contributed by atoms with Crippen molar-refractivity contribution in [3.05, 3.63) is 0 Å². The highest BCUT2D eigenvalue weighted by atomic mass is 32.2. The van der Waals surface area contributed by atoms with Crippen LogP contribution in [0.5, 0.6) is 0 Å². The number of thioether (sulfide) groups is 2. The van der Waals surface area contributed by atoms with Crippen LogP contribution in [0.1, 0.15) is 19.8 Å². The van der Waals surface area contributed by atoms with Gasteiger partial charge >= 0.3 is 0 Å². The van der Waals surface area contributed by atoms with Crippen molar-refractivity contribution < 1.29 is 5.11 Å². The second-order valence-corrected chi connectivity index (χ2v) is 6.69. The molecule has 1 rings (SSSR count). The van der Waals surface area contributed by atoms with Crippen LogP contribution in [0.4, 0.5) is 0 Å². The van der Waals surface area contributed by atoms with Crippen LogP contribution in [0.25, 0.3) is 0 Å². The minimum atomic E-state index is 0.276. The maximum atomic E-state index is 8.68. The molecule has 1 aliphatic rings. The van der Waals surface area contributed by atoms with E-state index in [0.717, 1.165) is 25.0 Å². The first kappa shape index (κ1) is 16.6. The molecule has 2 N–H and O–H groups in total. The number of rotatable bonds is 10. The molecule has 1 saturated heterocycles. The molecule has 6 heteroatoms. The molecule has 0 bridgehead atoms. The highest BCUT2D eigenvalue weighted by Gasteiger charge is 2.16. The van der Waals surface area contributed by atoms with Crippen LogP contribution in [-0.2, 0) is 0 Å². The molecule has 0 unspecified atom stereocenters. The summed E-state index contributed by atoms with van der Waals surface area (Å²) in [5, 5.41) is 12.1. The third kappa shape index (κ3) is 7.86. The lowest BCUT2D eigenvalue weighted by molar-refractivity contribution is 0.0968. The molecule has 0 aromatic heterocycles. The summed E-state index contributed by atoms with van der Waals surface area (Å²) in [6.07, 6.45) is 2.55.